The highest BCUT2D eigenvalue weighted by Gasteiger charge is 2.26. The van der Waals surface area contributed by atoms with Crippen LogP contribution in [0.4, 0.5) is 0 Å². The number of rotatable bonds is 9. The molecule has 0 spiro atoms. The summed E-state index contributed by atoms with van der Waals surface area (Å²) in [5, 5.41) is 50.6. The van der Waals surface area contributed by atoms with Gasteiger partial charge in [0.25, 0.3) is 0 Å². The van der Waals surface area contributed by atoms with E-state index in [0.717, 1.165) is 6.08 Å². The van der Waals surface area contributed by atoms with Gasteiger partial charge >= 0.3 is 17.9 Å². The Hall–Kier alpha value is -1.97. The molecule has 0 aromatic heterocycles. The van der Waals surface area contributed by atoms with Crippen molar-refractivity contribution in [2.24, 2.45) is 5.41 Å². The Morgan fingerprint density at radius 3 is 1.43 bits per heavy atom. The average Bonchev–Trinajstić information content (AvgIpc) is 2.42. The van der Waals surface area contributed by atoms with E-state index in [2.05, 4.69) is 0 Å². The van der Waals surface area contributed by atoms with Crippen LogP contribution in [0.5, 0.6) is 0 Å². The van der Waals surface area contributed by atoms with Gasteiger partial charge in [0, 0.05) is 11.5 Å². The number of hydrogen-bond acceptors (Lipinski definition) is 6. The molecule has 21 heavy (non-hydrogen) atoms. The van der Waals surface area contributed by atoms with E-state index >= 15 is 0 Å². The second-order valence-electron chi connectivity index (χ2n) is 4.21. The Morgan fingerprint density at radius 2 is 1.19 bits per heavy atom. The molecule has 0 aromatic carbocycles. The van der Waals surface area contributed by atoms with Crippen molar-refractivity contribution in [2.45, 2.75) is 19.3 Å². The first-order valence-corrected chi connectivity index (χ1v) is 5.88. The number of allylic oxidation sites excluding steroid dienone is 1. The Labute approximate surface area is 120 Å². The molecular formula is C12H20O9. The summed E-state index contributed by atoms with van der Waals surface area (Å²) in [6.45, 7) is -1.15. The van der Waals surface area contributed by atoms with Crippen molar-refractivity contribution in [1.82, 2.24) is 0 Å². The summed E-state index contributed by atoms with van der Waals surface area (Å²) >= 11 is 0. The standard InChI is InChI=1S/C8H14O5.C4H6O4/c9-4-8(5-10,6-11)3-1-2-7(12)13;5-3(6)1-2-4(7)8/h1-2,9-11H,3-6H2,(H,12,13);1-2H2,(H,5,6)(H,7,8). The molecule has 0 aromatic rings. The zero-order chi connectivity index (χ0) is 16.9. The quantitative estimate of drug-likeness (QED) is 0.289. The highest BCUT2D eigenvalue weighted by Crippen LogP contribution is 2.20. The van der Waals surface area contributed by atoms with Crippen LogP contribution in [-0.4, -0.2) is 68.4 Å². The first kappa shape index (κ1) is 21.3. The van der Waals surface area contributed by atoms with Crippen LogP contribution in [0.2, 0.25) is 0 Å². The van der Waals surface area contributed by atoms with Gasteiger partial charge in [0.05, 0.1) is 32.7 Å². The smallest absolute Gasteiger partial charge is 0.327 e. The van der Waals surface area contributed by atoms with Gasteiger partial charge in [0.2, 0.25) is 0 Å². The number of aliphatic hydroxyl groups is 3. The van der Waals surface area contributed by atoms with Gasteiger partial charge in [-0.05, 0) is 6.42 Å². The molecule has 0 fully saturated rings. The van der Waals surface area contributed by atoms with Crippen molar-refractivity contribution in [1.29, 1.82) is 0 Å². The minimum absolute atomic E-state index is 0.128. The van der Waals surface area contributed by atoms with E-state index in [9.17, 15) is 14.4 Å². The highest BCUT2D eigenvalue weighted by atomic mass is 16.4. The first-order chi connectivity index (χ1) is 9.72. The zero-order valence-electron chi connectivity index (χ0n) is 11.3. The van der Waals surface area contributed by atoms with Crippen LogP contribution in [0.3, 0.4) is 0 Å². The van der Waals surface area contributed by atoms with Crippen molar-refractivity contribution in [3.8, 4) is 0 Å². The predicted molar refractivity (Wildman–Crippen MR) is 69.6 cm³/mol. The van der Waals surface area contributed by atoms with E-state index in [1.54, 1.807) is 0 Å². The number of carbonyl (C=O) groups is 3. The third-order valence-electron chi connectivity index (χ3n) is 2.37. The summed E-state index contributed by atoms with van der Waals surface area (Å²) < 4.78 is 0. The minimum atomic E-state index is -1.09. The summed E-state index contributed by atoms with van der Waals surface area (Å²) in [6, 6.07) is 0. The second-order valence-corrected chi connectivity index (χ2v) is 4.21. The van der Waals surface area contributed by atoms with Gasteiger partial charge in [-0.3, -0.25) is 9.59 Å². The van der Waals surface area contributed by atoms with Gasteiger partial charge in [-0.2, -0.15) is 0 Å². The van der Waals surface area contributed by atoms with E-state index in [0.29, 0.717) is 0 Å². The molecule has 0 bridgehead atoms. The maximum absolute atomic E-state index is 10.1. The van der Waals surface area contributed by atoms with Crippen LogP contribution in [0.15, 0.2) is 12.2 Å². The fourth-order valence-electron chi connectivity index (χ4n) is 0.967. The Bertz CT molecular complexity index is 335. The molecule has 0 aliphatic heterocycles. The van der Waals surface area contributed by atoms with Gasteiger partial charge in [-0.15, -0.1) is 0 Å². The van der Waals surface area contributed by atoms with Gasteiger partial charge in [-0.25, -0.2) is 4.79 Å². The van der Waals surface area contributed by atoms with Crippen LogP contribution in [0, 0.1) is 5.41 Å². The third kappa shape index (κ3) is 12.8. The molecule has 122 valence electrons. The molecule has 6 N–H and O–H groups in total. The van der Waals surface area contributed by atoms with Crippen LogP contribution in [-0.2, 0) is 14.4 Å². The highest BCUT2D eigenvalue weighted by molar-refractivity contribution is 5.79. The molecule has 0 heterocycles. The van der Waals surface area contributed by atoms with Crippen molar-refractivity contribution >= 4 is 17.9 Å². The topological polar surface area (TPSA) is 173 Å². The van der Waals surface area contributed by atoms with E-state index in [4.69, 9.17) is 30.6 Å². The molecule has 0 saturated heterocycles. The lowest BCUT2D eigenvalue weighted by Gasteiger charge is -2.25. The number of aliphatic carboxylic acids is 3. The monoisotopic (exact) mass is 308 g/mol. The van der Waals surface area contributed by atoms with Crippen molar-refractivity contribution in [3.63, 3.8) is 0 Å². The molecule has 0 amide bonds. The predicted octanol–water partition coefficient (Wildman–Crippen LogP) is -1.08. The summed E-state index contributed by atoms with van der Waals surface area (Å²) in [6.07, 6.45) is 1.74. The summed E-state index contributed by atoms with van der Waals surface area (Å²) in [7, 11) is 0. The summed E-state index contributed by atoms with van der Waals surface area (Å²) in [5.74, 6) is -3.25. The fraction of sp³-hybridized carbons (Fsp3) is 0.583. The lowest BCUT2D eigenvalue weighted by Crippen LogP contribution is -2.33. The number of carboxylic acid groups (broad SMARTS) is 3. The molecule has 0 aliphatic rings. The molecular weight excluding hydrogens is 288 g/mol. The maximum Gasteiger partial charge on any atom is 0.327 e. The Kier molecular flexibility index (Phi) is 12.0. The van der Waals surface area contributed by atoms with E-state index in [1.165, 1.54) is 6.08 Å². The Balaban J connectivity index is 0. The van der Waals surface area contributed by atoms with Crippen molar-refractivity contribution in [3.05, 3.63) is 12.2 Å². The van der Waals surface area contributed by atoms with E-state index in [-0.39, 0.29) is 39.1 Å². The molecule has 0 rings (SSSR count). The largest absolute Gasteiger partial charge is 0.481 e. The lowest BCUT2D eigenvalue weighted by molar-refractivity contribution is -0.143. The van der Waals surface area contributed by atoms with E-state index < -0.39 is 23.3 Å². The van der Waals surface area contributed by atoms with Gasteiger partial charge in [-0.1, -0.05) is 6.08 Å². The van der Waals surface area contributed by atoms with Crippen LogP contribution in [0.1, 0.15) is 19.3 Å². The van der Waals surface area contributed by atoms with Crippen LogP contribution < -0.4 is 0 Å². The first-order valence-electron chi connectivity index (χ1n) is 5.88. The van der Waals surface area contributed by atoms with Crippen LogP contribution in [0.25, 0.3) is 0 Å². The average molecular weight is 308 g/mol. The van der Waals surface area contributed by atoms with Crippen molar-refractivity contribution in [2.75, 3.05) is 19.8 Å². The normalized spacial score (nSPS) is 10.8. The molecule has 0 unspecified atom stereocenters. The minimum Gasteiger partial charge on any atom is -0.481 e. The molecule has 0 radical (unpaired) electrons. The second kappa shape index (κ2) is 11.8. The summed E-state index contributed by atoms with van der Waals surface area (Å²) in [4.78, 5) is 29.4. The Morgan fingerprint density at radius 1 is 0.810 bits per heavy atom. The number of hydrogen-bond donors (Lipinski definition) is 6. The number of carboxylic acids is 3. The van der Waals surface area contributed by atoms with Gasteiger partial charge in [0.15, 0.2) is 0 Å². The van der Waals surface area contributed by atoms with Crippen molar-refractivity contribution < 1.29 is 45.0 Å². The number of aliphatic hydroxyl groups excluding tert-OH is 3. The fourth-order valence-corrected chi connectivity index (χ4v) is 0.967. The van der Waals surface area contributed by atoms with Crippen LogP contribution >= 0.6 is 0 Å². The zero-order valence-corrected chi connectivity index (χ0v) is 11.3. The van der Waals surface area contributed by atoms with E-state index in [1.807, 2.05) is 0 Å². The summed E-state index contributed by atoms with van der Waals surface area (Å²) in [5.41, 5.74) is -1.02. The lowest BCUT2D eigenvalue weighted by atomic mass is 9.87. The molecule has 9 nitrogen and oxygen atoms in total. The molecule has 0 aliphatic carbocycles. The molecule has 0 atom stereocenters. The third-order valence-corrected chi connectivity index (χ3v) is 2.37. The van der Waals surface area contributed by atoms with Gasteiger partial charge < -0.3 is 30.6 Å². The van der Waals surface area contributed by atoms with Gasteiger partial charge in [0.1, 0.15) is 0 Å². The SMILES string of the molecule is O=C(O)C=CCC(CO)(CO)CO.O=C(O)CCC(=O)O. The molecule has 9 heteroatoms. The molecule has 0 saturated carbocycles. The maximum atomic E-state index is 10.1.